The first kappa shape index (κ1) is 38.6. The third-order valence-corrected chi connectivity index (χ3v) is 9.72. The van der Waals surface area contributed by atoms with Crippen molar-refractivity contribution >= 4 is 29.2 Å². The Hall–Kier alpha value is -3.80. The summed E-state index contributed by atoms with van der Waals surface area (Å²) in [5.74, 6) is -5.73. The molecule has 1 aromatic carbocycles. The molecule has 2 aromatic rings. The van der Waals surface area contributed by atoms with Crippen LogP contribution >= 0.6 is 0 Å². The van der Waals surface area contributed by atoms with Crippen LogP contribution < -0.4 is 22.1 Å². The summed E-state index contributed by atoms with van der Waals surface area (Å²) < 4.78 is 0. The summed E-state index contributed by atoms with van der Waals surface area (Å²) in [6.45, 7) is 10.8. The molecule has 7 N–H and O–H groups in total. The number of nitrogens with two attached hydrogens (primary N) is 2. The van der Waals surface area contributed by atoms with Crippen LogP contribution in [0.4, 0.5) is 0 Å². The highest BCUT2D eigenvalue weighted by molar-refractivity contribution is 6.14. The molecule has 8 atom stereocenters. The molecular weight excluding hydrogens is 610 g/mol. The zero-order valence-corrected chi connectivity index (χ0v) is 29.0. The molecule has 1 aliphatic carbocycles. The van der Waals surface area contributed by atoms with Crippen LogP contribution in [0.5, 0.6) is 0 Å². The summed E-state index contributed by atoms with van der Waals surface area (Å²) in [7, 11) is 0. The lowest BCUT2D eigenvalue weighted by Crippen LogP contribution is -2.65. The van der Waals surface area contributed by atoms with Crippen LogP contribution in [-0.2, 0) is 30.4 Å². The third kappa shape index (κ3) is 8.61. The van der Waals surface area contributed by atoms with E-state index in [2.05, 4.69) is 15.6 Å². The lowest BCUT2D eigenvalue weighted by Gasteiger charge is -2.44. The van der Waals surface area contributed by atoms with Gasteiger partial charge in [-0.2, -0.15) is 0 Å². The molecule has 1 heterocycles. The monoisotopic (exact) mass is 663 g/mol. The number of aliphatic hydroxyl groups is 1. The van der Waals surface area contributed by atoms with E-state index in [1.54, 1.807) is 56.3 Å². The smallest absolute Gasteiger partial charge is 0.235 e. The predicted octanol–water partition coefficient (Wildman–Crippen LogP) is 2.83. The summed E-state index contributed by atoms with van der Waals surface area (Å²) in [6, 6.07) is 9.42. The standard InChI is InChI=1S/C37H53N5O6/c1-7-23(6)31(39)34(46)32(26-15-11-12-18-40-26)42-36(48)37(22(4)5)30(33(45)25(38)19-21(2)3)28(43)17-16-27(35(37)47)41-29(44)20-24-13-9-8-10-14-24/h8-15,18,21-23,25,27,30-33,45H,7,16-17,19-20,38-39H2,1-6H3,(H,41,44)(H,42,48)/t23-,25-,27-,30?,31-,32?,33+,37?/m0/s1. The van der Waals surface area contributed by atoms with Crippen molar-refractivity contribution < 1.29 is 29.1 Å². The quantitative estimate of drug-likeness (QED) is 0.141. The van der Waals surface area contributed by atoms with Crippen LogP contribution in [0, 0.1) is 29.1 Å². The van der Waals surface area contributed by atoms with Gasteiger partial charge >= 0.3 is 0 Å². The summed E-state index contributed by atoms with van der Waals surface area (Å²) >= 11 is 0. The lowest BCUT2D eigenvalue weighted by molar-refractivity contribution is -0.162. The molecule has 3 unspecified atom stereocenters. The molecule has 0 aliphatic heterocycles. The Balaban J connectivity index is 2.17. The van der Waals surface area contributed by atoms with Gasteiger partial charge in [0.2, 0.25) is 11.8 Å². The molecule has 1 aromatic heterocycles. The fourth-order valence-corrected chi connectivity index (χ4v) is 6.80. The number of carbonyl (C=O) groups is 5. The Bertz CT molecular complexity index is 1420. The second kappa shape index (κ2) is 17.0. The molecule has 1 fully saturated rings. The van der Waals surface area contributed by atoms with Crippen LogP contribution in [0.25, 0.3) is 0 Å². The zero-order valence-electron chi connectivity index (χ0n) is 29.0. The molecule has 0 radical (unpaired) electrons. The second-order valence-electron chi connectivity index (χ2n) is 13.9. The van der Waals surface area contributed by atoms with Crippen molar-refractivity contribution in [3.8, 4) is 0 Å². The fraction of sp³-hybridized carbons (Fsp3) is 0.568. The third-order valence-electron chi connectivity index (χ3n) is 9.72. The first-order chi connectivity index (χ1) is 22.7. The number of amides is 2. The van der Waals surface area contributed by atoms with Crippen LogP contribution in [0.15, 0.2) is 54.7 Å². The number of aliphatic hydroxyl groups excluding tert-OH is 1. The van der Waals surface area contributed by atoms with Gasteiger partial charge < -0.3 is 27.2 Å². The maximum atomic E-state index is 14.9. The Kier molecular flexibility index (Phi) is 13.7. The maximum Gasteiger partial charge on any atom is 0.235 e. The van der Waals surface area contributed by atoms with Gasteiger partial charge in [-0.15, -0.1) is 0 Å². The van der Waals surface area contributed by atoms with Crippen molar-refractivity contribution in [1.82, 2.24) is 15.6 Å². The molecule has 2 amide bonds. The Morgan fingerprint density at radius 2 is 1.65 bits per heavy atom. The molecule has 11 nitrogen and oxygen atoms in total. The van der Waals surface area contributed by atoms with Crippen molar-refractivity contribution in [3.63, 3.8) is 0 Å². The zero-order chi connectivity index (χ0) is 35.8. The highest BCUT2D eigenvalue weighted by Crippen LogP contribution is 2.45. The van der Waals surface area contributed by atoms with E-state index in [-0.39, 0.29) is 36.8 Å². The van der Waals surface area contributed by atoms with E-state index in [9.17, 15) is 29.1 Å². The van der Waals surface area contributed by atoms with Crippen molar-refractivity contribution in [2.75, 3.05) is 0 Å². The molecule has 1 aliphatic rings. The van der Waals surface area contributed by atoms with Gasteiger partial charge in [-0.3, -0.25) is 29.0 Å². The van der Waals surface area contributed by atoms with Crippen molar-refractivity contribution in [2.45, 2.75) is 104 Å². The number of pyridine rings is 1. The molecular formula is C37H53N5O6. The number of hydrogen-bond donors (Lipinski definition) is 5. The van der Waals surface area contributed by atoms with E-state index in [1.165, 1.54) is 6.20 Å². The highest BCUT2D eigenvalue weighted by Gasteiger charge is 2.62. The van der Waals surface area contributed by atoms with E-state index in [0.29, 0.717) is 12.8 Å². The Morgan fingerprint density at radius 1 is 1.00 bits per heavy atom. The molecule has 1 saturated carbocycles. The van der Waals surface area contributed by atoms with Gasteiger partial charge in [-0.25, -0.2) is 0 Å². The van der Waals surface area contributed by atoms with Gasteiger partial charge in [0, 0.05) is 18.7 Å². The number of carbonyl (C=O) groups excluding carboxylic acids is 5. The molecule has 3 rings (SSSR count). The Labute approximate surface area is 284 Å². The van der Waals surface area contributed by atoms with E-state index in [1.807, 2.05) is 33.8 Å². The summed E-state index contributed by atoms with van der Waals surface area (Å²) in [5.41, 5.74) is 11.6. The lowest BCUT2D eigenvalue weighted by atomic mass is 9.59. The predicted molar refractivity (Wildman–Crippen MR) is 183 cm³/mol. The highest BCUT2D eigenvalue weighted by atomic mass is 16.3. The molecule has 0 spiro atoms. The number of nitrogens with zero attached hydrogens (tertiary/aromatic N) is 1. The molecule has 0 bridgehead atoms. The molecule has 48 heavy (non-hydrogen) atoms. The second-order valence-corrected chi connectivity index (χ2v) is 13.9. The van der Waals surface area contributed by atoms with Gasteiger partial charge in [-0.05, 0) is 48.3 Å². The topological polar surface area (TPSA) is 195 Å². The number of aromatic nitrogens is 1. The fourth-order valence-electron chi connectivity index (χ4n) is 6.80. The number of Topliss-reactive ketones (excluding diaryl/α,β-unsaturated/α-hetero) is 3. The van der Waals surface area contributed by atoms with Gasteiger partial charge in [-0.1, -0.05) is 84.4 Å². The van der Waals surface area contributed by atoms with Crippen LogP contribution in [-0.4, -0.2) is 63.5 Å². The SMILES string of the molecule is CC[C@H](C)[C@H](N)C(=O)C(NC(=O)C1(C(C)C)C(=O)[C@@H](NC(=O)Cc2ccccc2)CCC(=O)C1[C@H](O)[C@@H](N)CC(C)C)c1ccccn1. The minimum Gasteiger partial charge on any atom is -0.391 e. The minimum absolute atomic E-state index is 0.0193. The van der Waals surface area contributed by atoms with E-state index in [0.717, 1.165) is 5.56 Å². The van der Waals surface area contributed by atoms with Crippen LogP contribution in [0.1, 0.15) is 84.5 Å². The van der Waals surface area contributed by atoms with Gasteiger partial charge in [0.05, 0.1) is 36.2 Å². The number of nitrogens with one attached hydrogen (secondary N) is 2. The Morgan fingerprint density at radius 3 is 2.21 bits per heavy atom. The summed E-state index contributed by atoms with van der Waals surface area (Å²) in [4.78, 5) is 75.4. The van der Waals surface area contributed by atoms with E-state index < -0.39 is 76.7 Å². The van der Waals surface area contributed by atoms with Gasteiger partial charge in [0.25, 0.3) is 0 Å². The summed E-state index contributed by atoms with van der Waals surface area (Å²) in [6.07, 6.45) is 0.572. The first-order valence-corrected chi connectivity index (χ1v) is 17.0. The number of benzene rings is 1. The largest absolute Gasteiger partial charge is 0.391 e. The van der Waals surface area contributed by atoms with Crippen molar-refractivity contribution in [3.05, 3.63) is 66.0 Å². The molecule has 11 heteroatoms. The maximum absolute atomic E-state index is 14.9. The van der Waals surface area contributed by atoms with E-state index in [4.69, 9.17) is 11.5 Å². The van der Waals surface area contributed by atoms with Crippen LogP contribution in [0.3, 0.4) is 0 Å². The van der Waals surface area contributed by atoms with Crippen molar-refractivity contribution in [1.29, 1.82) is 0 Å². The van der Waals surface area contributed by atoms with Crippen molar-refractivity contribution in [2.24, 2.45) is 40.6 Å². The molecule has 0 saturated heterocycles. The average Bonchev–Trinajstić information content (AvgIpc) is 3.16. The first-order valence-electron chi connectivity index (χ1n) is 17.0. The number of rotatable bonds is 15. The minimum atomic E-state index is -2.21. The summed E-state index contributed by atoms with van der Waals surface area (Å²) in [5, 5.41) is 17.3. The normalized spacial score (nSPS) is 23.1. The van der Waals surface area contributed by atoms with Crippen LogP contribution in [0.2, 0.25) is 0 Å². The average molecular weight is 664 g/mol. The number of ketones is 3. The van der Waals surface area contributed by atoms with Gasteiger partial charge in [0.15, 0.2) is 11.6 Å². The van der Waals surface area contributed by atoms with E-state index >= 15 is 0 Å². The number of hydrogen-bond acceptors (Lipinski definition) is 9. The van der Waals surface area contributed by atoms with Gasteiger partial charge in [0.1, 0.15) is 17.2 Å². The molecule has 262 valence electrons.